The minimum Gasteiger partial charge on any atom is -0.506 e. The highest BCUT2D eigenvalue weighted by Crippen LogP contribution is 2.48. The molecule has 0 aromatic heterocycles. The average molecular weight is 423 g/mol. The third-order valence-electron chi connectivity index (χ3n) is 5.02. The summed E-state index contributed by atoms with van der Waals surface area (Å²) >= 11 is 5.88. The first-order chi connectivity index (χ1) is 13.1. The molecule has 28 heavy (non-hydrogen) atoms. The molecule has 0 saturated heterocycles. The standard InChI is InChI=1S/C20H20ClFN2O3S/c1-20(2)9-15-19(28(26,27)10-20)17(12-7-6-11(21)8-13(12)22)23-14-4-3-5-16(25)18(14)24-15/h3-8,17,23-25H,9-10H2,1-2H3. The molecule has 2 aliphatic heterocycles. The lowest BCUT2D eigenvalue weighted by molar-refractivity contribution is 0.400. The lowest BCUT2D eigenvalue weighted by Gasteiger charge is -2.34. The molecule has 148 valence electrons. The van der Waals surface area contributed by atoms with Crippen LogP contribution in [0.15, 0.2) is 47.0 Å². The minimum absolute atomic E-state index is 0.0187. The predicted octanol–water partition coefficient (Wildman–Crippen LogP) is 4.82. The molecule has 1 unspecified atom stereocenters. The number of rotatable bonds is 1. The van der Waals surface area contributed by atoms with Crippen LogP contribution in [-0.4, -0.2) is 19.3 Å². The van der Waals surface area contributed by atoms with Gasteiger partial charge in [0.25, 0.3) is 0 Å². The quantitative estimate of drug-likeness (QED) is 0.574. The smallest absolute Gasteiger partial charge is 0.179 e. The summed E-state index contributed by atoms with van der Waals surface area (Å²) in [7, 11) is -3.70. The van der Waals surface area contributed by atoms with Crippen molar-refractivity contribution in [3.05, 3.63) is 63.4 Å². The van der Waals surface area contributed by atoms with Crippen LogP contribution in [0.4, 0.5) is 15.8 Å². The fraction of sp³-hybridized carbons (Fsp3) is 0.300. The Labute approximate surface area is 168 Å². The summed E-state index contributed by atoms with van der Waals surface area (Å²) in [6, 6.07) is 8.11. The SMILES string of the molecule is CC1(C)CC2=C(C(c3ccc(Cl)cc3F)Nc3cccc(O)c3N2)S(=O)(=O)C1. The molecule has 0 amide bonds. The number of hydrogen-bond acceptors (Lipinski definition) is 5. The van der Waals surface area contributed by atoms with Crippen LogP contribution in [0.25, 0.3) is 0 Å². The first kappa shape index (κ1) is 19.1. The molecule has 0 fully saturated rings. The van der Waals surface area contributed by atoms with E-state index in [2.05, 4.69) is 10.6 Å². The lowest BCUT2D eigenvalue weighted by Crippen LogP contribution is -2.35. The van der Waals surface area contributed by atoms with Crippen LogP contribution in [0.5, 0.6) is 5.75 Å². The molecule has 8 heteroatoms. The molecule has 0 bridgehead atoms. The van der Waals surface area contributed by atoms with E-state index >= 15 is 0 Å². The first-order valence-corrected chi connectivity index (χ1v) is 10.9. The van der Waals surface area contributed by atoms with Crippen molar-refractivity contribution in [2.45, 2.75) is 26.3 Å². The molecule has 2 aromatic carbocycles. The van der Waals surface area contributed by atoms with Crippen LogP contribution in [-0.2, 0) is 9.84 Å². The number of halogens is 2. The summed E-state index contributed by atoms with van der Waals surface area (Å²) in [6.45, 7) is 3.75. The molecule has 0 aliphatic carbocycles. The van der Waals surface area contributed by atoms with E-state index in [0.717, 1.165) is 0 Å². The fourth-order valence-corrected chi connectivity index (χ4v) is 6.46. The number of benzene rings is 2. The number of sulfone groups is 1. The van der Waals surface area contributed by atoms with Crippen molar-refractivity contribution in [1.82, 2.24) is 0 Å². The third kappa shape index (κ3) is 3.22. The minimum atomic E-state index is -3.70. The molecule has 0 spiro atoms. The van der Waals surface area contributed by atoms with Crippen LogP contribution in [0.2, 0.25) is 5.02 Å². The zero-order chi connectivity index (χ0) is 20.3. The molecule has 3 N–H and O–H groups in total. The number of phenols is 1. The van der Waals surface area contributed by atoms with Gasteiger partial charge in [-0.2, -0.15) is 0 Å². The van der Waals surface area contributed by atoms with Crippen LogP contribution in [0, 0.1) is 11.2 Å². The van der Waals surface area contributed by atoms with Crippen LogP contribution in [0.3, 0.4) is 0 Å². The molecule has 4 rings (SSSR count). The molecule has 1 atom stereocenters. The van der Waals surface area contributed by atoms with Crippen molar-refractivity contribution >= 4 is 32.8 Å². The average Bonchev–Trinajstić information content (AvgIpc) is 2.71. The number of fused-ring (bicyclic) bond motifs is 1. The summed E-state index contributed by atoms with van der Waals surface area (Å²) in [5, 5.41) is 16.8. The van der Waals surface area contributed by atoms with E-state index in [0.29, 0.717) is 23.5 Å². The first-order valence-electron chi connectivity index (χ1n) is 8.84. The van der Waals surface area contributed by atoms with Gasteiger partial charge < -0.3 is 15.7 Å². The zero-order valence-electron chi connectivity index (χ0n) is 15.4. The van der Waals surface area contributed by atoms with Gasteiger partial charge in [-0.05, 0) is 36.1 Å². The maximum absolute atomic E-state index is 14.8. The van der Waals surface area contributed by atoms with E-state index in [1.54, 1.807) is 12.1 Å². The molecule has 2 aliphatic rings. The van der Waals surface area contributed by atoms with Crippen molar-refractivity contribution in [3.63, 3.8) is 0 Å². The molecule has 0 radical (unpaired) electrons. The summed E-state index contributed by atoms with van der Waals surface area (Å²) in [4.78, 5) is 0.101. The molecule has 2 aromatic rings. The van der Waals surface area contributed by atoms with Crippen LogP contribution in [0.1, 0.15) is 31.9 Å². The topological polar surface area (TPSA) is 78.4 Å². The predicted molar refractivity (Wildman–Crippen MR) is 109 cm³/mol. The number of phenolic OH excluding ortho intramolecular Hbond substituents is 1. The second-order valence-electron chi connectivity index (χ2n) is 8.01. The van der Waals surface area contributed by atoms with Crippen molar-refractivity contribution in [2.24, 2.45) is 5.41 Å². The number of nitrogens with one attached hydrogen (secondary N) is 2. The number of hydrogen-bond donors (Lipinski definition) is 3. The summed E-state index contributed by atoms with van der Waals surface area (Å²) in [5.41, 5.74) is 1.01. The van der Waals surface area contributed by atoms with Crippen molar-refractivity contribution < 1.29 is 17.9 Å². The van der Waals surface area contributed by atoms with E-state index in [9.17, 15) is 17.9 Å². The molecule has 0 saturated carbocycles. The number of aromatic hydroxyl groups is 1. The summed E-state index contributed by atoms with van der Waals surface area (Å²) in [5.74, 6) is -0.661. The highest BCUT2D eigenvalue weighted by molar-refractivity contribution is 7.95. The maximum Gasteiger partial charge on any atom is 0.179 e. The number of para-hydroxylation sites is 1. The Morgan fingerprint density at radius 3 is 2.71 bits per heavy atom. The highest BCUT2D eigenvalue weighted by Gasteiger charge is 2.43. The second kappa shape index (κ2) is 6.39. The summed E-state index contributed by atoms with van der Waals surface area (Å²) in [6.07, 6.45) is 0.447. The van der Waals surface area contributed by atoms with Crippen molar-refractivity contribution in [2.75, 3.05) is 16.4 Å². The molecule has 5 nitrogen and oxygen atoms in total. The number of anilines is 2. The molecular weight excluding hydrogens is 403 g/mol. The van der Waals surface area contributed by atoms with Gasteiger partial charge in [0.1, 0.15) is 17.3 Å². The van der Waals surface area contributed by atoms with E-state index < -0.39 is 27.1 Å². The maximum atomic E-state index is 14.8. The van der Waals surface area contributed by atoms with Gasteiger partial charge in [-0.15, -0.1) is 0 Å². The Hall–Kier alpha value is -2.25. The Bertz CT molecular complexity index is 1110. The molecular formula is C20H20ClFN2O3S. The van der Waals surface area contributed by atoms with Gasteiger partial charge in [-0.25, -0.2) is 12.8 Å². The van der Waals surface area contributed by atoms with Gasteiger partial charge >= 0.3 is 0 Å². The van der Waals surface area contributed by atoms with Crippen LogP contribution < -0.4 is 10.6 Å². The van der Waals surface area contributed by atoms with Crippen molar-refractivity contribution in [1.29, 1.82) is 0 Å². The Morgan fingerprint density at radius 2 is 2.00 bits per heavy atom. The highest BCUT2D eigenvalue weighted by atomic mass is 35.5. The number of allylic oxidation sites excluding steroid dienone is 1. The van der Waals surface area contributed by atoms with Crippen LogP contribution >= 0.6 is 11.6 Å². The largest absolute Gasteiger partial charge is 0.506 e. The lowest BCUT2D eigenvalue weighted by atomic mass is 9.88. The van der Waals surface area contributed by atoms with Gasteiger partial charge in [0.05, 0.1) is 22.4 Å². The van der Waals surface area contributed by atoms with Gasteiger partial charge in [0, 0.05) is 16.3 Å². The Kier molecular flexibility index (Phi) is 4.35. The zero-order valence-corrected chi connectivity index (χ0v) is 17.0. The fourth-order valence-electron chi connectivity index (χ4n) is 3.97. The third-order valence-corrected chi connectivity index (χ3v) is 7.57. The van der Waals surface area contributed by atoms with E-state index in [1.807, 2.05) is 13.8 Å². The van der Waals surface area contributed by atoms with Gasteiger partial charge in [-0.3, -0.25) is 0 Å². The van der Waals surface area contributed by atoms with Gasteiger partial charge in [0.2, 0.25) is 0 Å². The van der Waals surface area contributed by atoms with E-state index in [4.69, 9.17) is 11.6 Å². The Morgan fingerprint density at radius 1 is 1.25 bits per heavy atom. The Balaban J connectivity index is 1.99. The monoisotopic (exact) mass is 422 g/mol. The van der Waals surface area contributed by atoms with Gasteiger partial charge in [0.15, 0.2) is 9.84 Å². The van der Waals surface area contributed by atoms with Gasteiger partial charge in [-0.1, -0.05) is 37.6 Å². The van der Waals surface area contributed by atoms with E-state index in [-0.39, 0.29) is 27.0 Å². The molecule has 2 heterocycles. The van der Waals surface area contributed by atoms with Crippen molar-refractivity contribution in [3.8, 4) is 5.75 Å². The normalized spacial score (nSPS) is 22.4. The second-order valence-corrected chi connectivity index (χ2v) is 10.4. The summed E-state index contributed by atoms with van der Waals surface area (Å²) < 4.78 is 41.2. The van der Waals surface area contributed by atoms with E-state index in [1.165, 1.54) is 24.3 Å².